The summed E-state index contributed by atoms with van der Waals surface area (Å²) >= 11 is 6.37. The number of benzene rings is 2. The van der Waals surface area contributed by atoms with Crippen molar-refractivity contribution in [2.24, 2.45) is 0 Å². The van der Waals surface area contributed by atoms with Gasteiger partial charge in [0.05, 0.1) is 12.1 Å². The molecule has 1 atom stereocenters. The van der Waals surface area contributed by atoms with Gasteiger partial charge in [0.25, 0.3) is 0 Å². The van der Waals surface area contributed by atoms with Gasteiger partial charge in [0.15, 0.2) is 0 Å². The van der Waals surface area contributed by atoms with Crippen LogP contribution in [0.25, 0.3) is 11.1 Å². The van der Waals surface area contributed by atoms with E-state index in [-0.39, 0.29) is 17.9 Å². The maximum absolute atomic E-state index is 12.8. The lowest BCUT2D eigenvalue weighted by Gasteiger charge is -2.23. The Bertz CT molecular complexity index is 1170. The summed E-state index contributed by atoms with van der Waals surface area (Å²) in [5.41, 5.74) is 2.91. The standard InChI is InChI=1S/C25H23ClF3N3O2/c1-16(33)30-13-18-12-17(21-4-2-3-5-22(21)26)6-8-23(18)32-11-10-20(15-32)34-24-9-7-19(14-31-24)25(27,28)29/h2-9,12,14,20H,10-11,13,15H2,1H3,(H,30,33). The van der Waals surface area contributed by atoms with Crippen LogP contribution in [-0.4, -0.2) is 30.1 Å². The van der Waals surface area contributed by atoms with E-state index in [0.717, 1.165) is 34.6 Å². The van der Waals surface area contributed by atoms with Gasteiger partial charge in [-0.3, -0.25) is 4.79 Å². The van der Waals surface area contributed by atoms with Gasteiger partial charge >= 0.3 is 6.18 Å². The van der Waals surface area contributed by atoms with E-state index in [1.165, 1.54) is 13.0 Å². The second-order valence-corrected chi connectivity index (χ2v) is 8.50. The Morgan fingerprint density at radius 3 is 2.68 bits per heavy atom. The molecule has 0 bridgehead atoms. The minimum absolute atomic E-state index is 0.134. The molecular formula is C25H23ClF3N3O2. The topological polar surface area (TPSA) is 54.5 Å². The molecule has 5 nitrogen and oxygen atoms in total. The fourth-order valence-corrected chi connectivity index (χ4v) is 4.19. The number of aromatic nitrogens is 1. The minimum atomic E-state index is -4.43. The molecule has 9 heteroatoms. The number of hydrogen-bond donors (Lipinski definition) is 1. The molecule has 34 heavy (non-hydrogen) atoms. The van der Waals surface area contributed by atoms with Crippen LogP contribution in [0.15, 0.2) is 60.8 Å². The Kier molecular flexibility index (Phi) is 6.97. The first-order chi connectivity index (χ1) is 16.2. The van der Waals surface area contributed by atoms with Crippen LogP contribution < -0.4 is 15.0 Å². The van der Waals surface area contributed by atoms with E-state index in [0.29, 0.717) is 31.1 Å². The molecule has 0 radical (unpaired) electrons. The van der Waals surface area contributed by atoms with Crippen molar-refractivity contribution in [1.29, 1.82) is 0 Å². The highest BCUT2D eigenvalue weighted by molar-refractivity contribution is 6.33. The SMILES string of the molecule is CC(=O)NCc1cc(-c2ccccc2Cl)ccc1N1CCC(Oc2ccc(C(F)(F)F)cn2)C1. The molecule has 1 aliphatic heterocycles. The van der Waals surface area contributed by atoms with Gasteiger partial charge < -0.3 is 15.0 Å². The number of carbonyl (C=O) groups is 1. The van der Waals surface area contributed by atoms with Gasteiger partial charge in [-0.25, -0.2) is 4.98 Å². The van der Waals surface area contributed by atoms with Gasteiger partial charge in [0.2, 0.25) is 11.8 Å². The van der Waals surface area contributed by atoms with Crippen LogP contribution in [-0.2, 0) is 17.5 Å². The number of anilines is 1. The molecule has 1 aliphatic rings. The number of amides is 1. The fourth-order valence-electron chi connectivity index (χ4n) is 3.95. The second kappa shape index (κ2) is 9.93. The van der Waals surface area contributed by atoms with E-state index < -0.39 is 11.7 Å². The van der Waals surface area contributed by atoms with Gasteiger partial charge in [-0.15, -0.1) is 0 Å². The molecule has 1 aromatic heterocycles. The molecule has 2 aromatic carbocycles. The zero-order valence-electron chi connectivity index (χ0n) is 18.4. The van der Waals surface area contributed by atoms with Crippen LogP contribution in [0, 0.1) is 0 Å². The van der Waals surface area contributed by atoms with Gasteiger partial charge in [0.1, 0.15) is 6.10 Å². The average Bonchev–Trinajstić information content (AvgIpc) is 3.26. The molecular weight excluding hydrogens is 467 g/mol. The molecule has 4 rings (SSSR count). The molecule has 0 saturated carbocycles. The molecule has 1 saturated heterocycles. The first-order valence-electron chi connectivity index (χ1n) is 10.8. The van der Waals surface area contributed by atoms with Crippen molar-refractivity contribution < 1.29 is 22.7 Å². The van der Waals surface area contributed by atoms with E-state index in [9.17, 15) is 18.0 Å². The van der Waals surface area contributed by atoms with Crippen molar-refractivity contribution in [1.82, 2.24) is 10.3 Å². The smallest absolute Gasteiger partial charge is 0.417 e. The maximum Gasteiger partial charge on any atom is 0.417 e. The number of pyridine rings is 1. The van der Waals surface area contributed by atoms with Crippen LogP contribution >= 0.6 is 11.6 Å². The highest BCUT2D eigenvalue weighted by atomic mass is 35.5. The summed E-state index contributed by atoms with van der Waals surface area (Å²) in [6, 6.07) is 15.8. The summed E-state index contributed by atoms with van der Waals surface area (Å²) in [4.78, 5) is 17.5. The zero-order chi connectivity index (χ0) is 24.3. The first kappa shape index (κ1) is 23.9. The normalized spacial score (nSPS) is 15.9. The highest BCUT2D eigenvalue weighted by Crippen LogP contribution is 2.34. The average molecular weight is 490 g/mol. The van der Waals surface area contributed by atoms with Gasteiger partial charge in [-0.05, 0) is 35.4 Å². The van der Waals surface area contributed by atoms with Crippen molar-refractivity contribution in [2.75, 3.05) is 18.0 Å². The number of carbonyl (C=O) groups excluding carboxylic acids is 1. The monoisotopic (exact) mass is 489 g/mol. The molecule has 0 aliphatic carbocycles. The lowest BCUT2D eigenvalue weighted by molar-refractivity contribution is -0.137. The zero-order valence-corrected chi connectivity index (χ0v) is 19.2. The van der Waals surface area contributed by atoms with E-state index in [2.05, 4.69) is 15.2 Å². The molecule has 178 valence electrons. The summed E-state index contributed by atoms with van der Waals surface area (Å²) in [7, 11) is 0. The van der Waals surface area contributed by atoms with Gasteiger partial charge in [0, 0.05) is 55.0 Å². The molecule has 1 amide bonds. The number of rotatable bonds is 6. The lowest BCUT2D eigenvalue weighted by Crippen LogP contribution is -2.27. The summed E-state index contributed by atoms with van der Waals surface area (Å²) in [6.45, 7) is 3.06. The predicted octanol–water partition coefficient (Wildman–Crippen LogP) is 5.71. The molecule has 2 heterocycles. The number of nitrogens with zero attached hydrogens (tertiary/aromatic N) is 2. The van der Waals surface area contributed by atoms with Crippen molar-refractivity contribution >= 4 is 23.2 Å². The van der Waals surface area contributed by atoms with E-state index in [1.807, 2.05) is 42.5 Å². The second-order valence-electron chi connectivity index (χ2n) is 8.09. The summed E-state index contributed by atoms with van der Waals surface area (Å²) in [5, 5.41) is 3.49. The van der Waals surface area contributed by atoms with Crippen molar-refractivity contribution in [2.45, 2.75) is 32.2 Å². The molecule has 1 N–H and O–H groups in total. The number of halogens is 4. The Morgan fingerprint density at radius 2 is 2.00 bits per heavy atom. The third kappa shape index (κ3) is 5.62. The third-order valence-electron chi connectivity index (χ3n) is 5.63. The highest BCUT2D eigenvalue weighted by Gasteiger charge is 2.31. The first-order valence-corrected chi connectivity index (χ1v) is 11.2. The van der Waals surface area contributed by atoms with Crippen LogP contribution in [0.1, 0.15) is 24.5 Å². The quantitative estimate of drug-likeness (QED) is 0.481. The predicted molar refractivity (Wildman–Crippen MR) is 125 cm³/mol. The number of nitrogens with one attached hydrogen (secondary N) is 1. The van der Waals surface area contributed by atoms with Crippen molar-refractivity contribution in [3.05, 3.63) is 76.9 Å². The third-order valence-corrected chi connectivity index (χ3v) is 5.96. The van der Waals surface area contributed by atoms with E-state index in [4.69, 9.17) is 16.3 Å². The summed E-state index contributed by atoms with van der Waals surface area (Å²) in [5.74, 6) is 0.0255. The molecule has 3 aromatic rings. The summed E-state index contributed by atoms with van der Waals surface area (Å²) in [6.07, 6.45) is -3.19. The largest absolute Gasteiger partial charge is 0.472 e. The van der Waals surface area contributed by atoms with Crippen molar-refractivity contribution in [3.8, 4) is 17.0 Å². The summed E-state index contributed by atoms with van der Waals surface area (Å²) < 4.78 is 44.1. The molecule has 1 fully saturated rings. The van der Waals surface area contributed by atoms with Gasteiger partial charge in [-0.1, -0.05) is 35.9 Å². The van der Waals surface area contributed by atoms with E-state index in [1.54, 1.807) is 0 Å². The van der Waals surface area contributed by atoms with E-state index >= 15 is 0 Å². The fraction of sp³-hybridized carbons (Fsp3) is 0.280. The number of ether oxygens (including phenoxy) is 1. The Labute approximate surface area is 200 Å². The van der Waals surface area contributed by atoms with Crippen LogP contribution in [0.2, 0.25) is 5.02 Å². The Morgan fingerprint density at radius 1 is 1.21 bits per heavy atom. The number of alkyl halides is 3. The van der Waals surface area contributed by atoms with Crippen LogP contribution in [0.4, 0.5) is 18.9 Å². The van der Waals surface area contributed by atoms with Crippen LogP contribution in [0.5, 0.6) is 5.88 Å². The molecule has 1 unspecified atom stereocenters. The Hall–Kier alpha value is -3.26. The Balaban J connectivity index is 1.51. The van der Waals surface area contributed by atoms with Gasteiger partial charge in [-0.2, -0.15) is 13.2 Å². The number of hydrogen-bond acceptors (Lipinski definition) is 4. The lowest BCUT2D eigenvalue weighted by atomic mass is 10.0. The van der Waals surface area contributed by atoms with Crippen LogP contribution in [0.3, 0.4) is 0 Å². The maximum atomic E-state index is 12.8. The molecule has 0 spiro atoms. The van der Waals surface area contributed by atoms with Crippen molar-refractivity contribution in [3.63, 3.8) is 0 Å². The minimum Gasteiger partial charge on any atom is -0.472 e.